The van der Waals surface area contributed by atoms with E-state index in [2.05, 4.69) is 10.6 Å². The monoisotopic (exact) mass is 415 g/mol. The van der Waals surface area contributed by atoms with Crippen LogP contribution in [-0.2, 0) is 15.1 Å². The standard InChI is InChI=1S/C22H23F2N3O3/c1-4-13(2)15-7-5-6-8-18(15)25-19(28)12-27-20(29)22(3,26-21(27)30)16-11-14(23)9-10-17(16)24/h5-11,13H,4,12H2,1-3H3,(H,25,28)(H,26,30)/t13-,22-/m1/s1. The lowest BCUT2D eigenvalue weighted by molar-refractivity contribution is -0.133. The largest absolute Gasteiger partial charge is 0.325 e. The second-order valence-corrected chi connectivity index (χ2v) is 7.52. The molecule has 2 aromatic rings. The SMILES string of the molecule is CC[C@@H](C)c1ccccc1NC(=O)CN1C(=O)N[C@](C)(c2cc(F)ccc2F)C1=O. The normalized spacial score (nSPS) is 19.6. The highest BCUT2D eigenvalue weighted by atomic mass is 19.1. The third-order valence-electron chi connectivity index (χ3n) is 5.42. The molecule has 0 bridgehead atoms. The molecule has 158 valence electrons. The van der Waals surface area contributed by atoms with Crippen LogP contribution in [-0.4, -0.2) is 29.3 Å². The molecule has 1 aliphatic rings. The molecule has 8 heteroatoms. The summed E-state index contributed by atoms with van der Waals surface area (Å²) in [5, 5.41) is 5.11. The van der Waals surface area contributed by atoms with Crippen molar-refractivity contribution in [2.24, 2.45) is 0 Å². The van der Waals surface area contributed by atoms with Gasteiger partial charge in [-0.15, -0.1) is 0 Å². The lowest BCUT2D eigenvalue weighted by atomic mass is 9.91. The minimum atomic E-state index is -1.81. The number of anilines is 1. The summed E-state index contributed by atoms with van der Waals surface area (Å²) in [4.78, 5) is 38.5. The summed E-state index contributed by atoms with van der Waals surface area (Å²) in [5.74, 6) is -2.77. The molecule has 0 aromatic heterocycles. The molecule has 2 N–H and O–H groups in total. The highest BCUT2D eigenvalue weighted by Crippen LogP contribution is 2.31. The minimum Gasteiger partial charge on any atom is -0.324 e. The molecule has 1 aliphatic heterocycles. The molecule has 0 unspecified atom stereocenters. The van der Waals surface area contributed by atoms with E-state index in [0.29, 0.717) is 10.6 Å². The van der Waals surface area contributed by atoms with Gasteiger partial charge in [-0.3, -0.25) is 14.5 Å². The smallest absolute Gasteiger partial charge is 0.324 e. The molecule has 0 radical (unpaired) electrons. The maximum absolute atomic E-state index is 14.2. The topological polar surface area (TPSA) is 78.5 Å². The Labute approximate surface area is 173 Å². The molecular weight excluding hydrogens is 392 g/mol. The number of halogens is 2. The molecule has 6 nitrogen and oxygen atoms in total. The number of hydrogen-bond donors (Lipinski definition) is 2. The van der Waals surface area contributed by atoms with Crippen LogP contribution in [0.25, 0.3) is 0 Å². The zero-order valence-electron chi connectivity index (χ0n) is 17.0. The molecule has 4 amide bonds. The van der Waals surface area contributed by atoms with E-state index in [1.165, 1.54) is 6.92 Å². The fraction of sp³-hybridized carbons (Fsp3) is 0.318. The number of amides is 4. The molecule has 30 heavy (non-hydrogen) atoms. The average Bonchev–Trinajstić information content (AvgIpc) is 2.93. The first kappa shape index (κ1) is 21.4. The number of imide groups is 1. The fourth-order valence-corrected chi connectivity index (χ4v) is 3.50. The lowest BCUT2D eigenvalue weighted by Gasteiger charge is -2.23. The van der Waals surface area contributed by atoms with E-state index in [1.54, 1.807) is 12.1 Å². The summed E-state index contributed by atoms with van der Waals surface area (Å²) in [5.41, 5.74) is -0.566. The van der Waals surface area contributed by atoms with Crippen molar-refractivity contribution in [2.45, 2.75) is 38.6 Å². The van der Waals surface area contributed by atoms with Crippen LogP contribution >= 0.6 is 0 Å². The fourth-order valence-electron chi connectivity index (χ4n) is 3.50. The molecule has 0 saturated carbocycles. The van der Waals surface area contributed by atoms with E-state index in [1.807, 2.05) is 26.0 Å². The van der Waals surface area contributed by atoms with Crippen molar-refractivity contribution < 1.29 is 23.2 Å². The molecule has 2 aromatic carbocycles. The van der Waals surface area contributed by atoms with E-state index in [-0.39, 0.29) is 11.5 Å². The van der Waals surface area contributed by atoms with Crippen molar-refractivity contribution in [3.05, 3.63) is 65.2 Å². The number of carbonyl (C=O) groups is 3. The Bertz CT molecular complexity index is 1010. The number of hydrogen-bond acceptors (Lipinski definition) is 3. The third kappa shape index (κ3) is 3.90. The van der Waals surface area contributed by atoms with Gasteiger partial charge in [0.2, 0.25) is 5.91 Å². The Morgan fingerprint density at radius 3 is 2.60 bits per heavy atom. The number of para-hydroxylation sites is 1. The van der Waals surface area contributed by atoms with Gasteiger partial charge in [-0.1, -0.05) is 32.0 Å². The minimum absolute atomic E-state index is 0.206. The van der Waals surface area contributed by atoms with E-state index in [9.17, 15) is 23.2 Å². The van der Waals surface area contributed by atoms with Crippen molar-refractivity contribution in [2.75, 3.05) is 11.9 Å². The summed E-state index contributed by atoms with van der Waals surface area (Å²) in [6.45, 7) is 4.79. The van der Waals surface area contributed by atoms with E-state index < -0.39 is 41.6 Å². The molecule has 1 heterocycles. The average molecular weight is 415 g/mol. The van der Waals surface area contributed by atoms with Crippen molar-refractivity contribution >= 4 is 23.5 Å². The number of carbonyl (C=O) groups excluding carboxylic acids is 3. The molecule has 1 fully saturated rings. The maximum atomic E-state index is 14.2. The van der Waals surface area contributed by atoms with Gasteiger partial charge in [0.1, 0.15) is 23.7 Å². The van der Waals surface area contributed by atoms with Gasteiger partial charge in [0.05, 0.1) is 0 Å². The number of benzene rings is 2. The zero-order chi connectivity index (χ0) is 22.1. The Morgan fingerprint density at radius 2 is 1.90 bits per heavy atom. The van der Waals surface area contributed by atoms with Crippen LogP contribution in [0.5, 0.6) is 0 Å². The molecule has 3 rings (SSSR count). The van der Waals surface area contributed by atoms with Crippen LogP contribution in [0.2, 0.25) is 0 Å². The van der Waals surface area contributed by atoms with Crippen LogP contribution in [0.4, 0.5) is 19.3 Å². The van der Waals surface area contributed by atoms with E-state index >= 15 is 0 Å². The van der Waals surface area contributed by atoms with Gasteiger partial charge in [-0.25, -0.2) is 13.6 Å². The summed E-state index contributed by atoms with van der Waals surface area (Å²) >= 11 is 0. The van der Waals surface area contributed by atoms with Crippen LogP contribution in [0, 0.1) is 11.6 Å². The first-order chi connectivity index (χ1) is 14.2. The van der Waals surface area contributed by atoms with E-state index in [0.717, 1.165) is 30.2 Å². The first-order valence-electron chi connectivity index (χ1n) is 9.65. The molecule has 0 aliphatic carbocycles. The number of nitrogens with one attached hydrogen (secondary N) is 2. The second-order valence-electron chi connectivity index (χ2n) is 7.52. The Kier molecular flexibility index (Phi) is 5.87. The molecule has 1 saturated heterocycles. The van der Waals surface area contributed by atoms with Crippen LogP contribution in [0.1, 0.15) is 44.2 Å². The van der Waals surface area contributed by atoms with Gasteiger partial charge >= 0.3 is 6.03 Å². The summed E-state index contributed by atoms with van der Waals surface area (Å²) < 4.78 is 27.8. The molecular formula is C22H23F2N3O3. The second kappa shape index (κ2) is 8.22. The third-order valence-corrected chi connectivity index (χ3v) is 5.42. The Hall–Kier alpha value is -3.29. The van der Waals surface area contributed by atoms with Gasteiger partial charge in [-0.05, 0) is 49.1 Å². The van der Waals surface area contributed by atoms with Gasteiger partial charge in [0.15, 0.2) is 0 Å². The zero-order valence-corrected chi connectivity index (χ0v) is 17.0. The molecule has 0 spiro atoms. The highest BCUT2D eigenvalue weighted by molar-refractivity contribution is 6.10. The lowest BCUT2D eigenvalue weighted by Crippen LogP contribution is -2.42. The van der Waals surface area contributed by atoms with Gasteiger partial charge in [0, 0.05) is 11.3 Å². The summed E-state index contributed by atoms with van der Waals surface area (Å²) in [6.07, 6.45) is 0.872. The Balaban J connectivity index is 1.80. The van der Waals surface area contributed by atoms with Gasteiger partial charge in [-0.2, -0.15) is 0 Å². The molecule has 2 atom stereocenters. The number of rotatable bonds is 6. The number of urea groups is 1. The van der Waals surface area contributed by atoms with Crippen LogP contribution < -0.4 is 10.6 Å². The van der Waals surface area contributed by atoms with Crippen molar-refractivity contribution in [1.82, 2.24) is 10.2 Å². The van der Waals surface area contributed by atoms with Gasteiger partial charge in [0.25, 0.3) is 5.91 Å². The predicted molar refractivity (Wildman–Crippen MR) is 108 cm³/mol. The van der Waals surface area contributed by atoms with Crippen LogP contribution in [0.15, 0.2) is 42.5 Å². The van der Waals surface area contributed by atoms with Crippen molar-refractivity contribution in [3.63, 3.8) is 0 Å². The highest BCUT2D eigenvalue weighted by Gasteiger charge is 2.50. The van der Waals surface area contributed by atoms with Crippen LogP contribution in [0.3, 0.4) is 0 Å². The number of nitrogens with zero attached hydrogens (tertiary/aromatic N) is 1. The predicted octanol–water partition coefficient (Wildman–Crippen LogP) is 3.88. The summed E-state index contributed by atoms with van der Waals surface area (Å²) in [7, 11) is 0. The summed E-state index contributed by atoms with van der Waals surface area (Å²) in [6, 6.07) is 9.11. The Morgan fingerprint density at radius 1 is 1.20 bits per heavy atom. The maximum Gasteiger partial charge on any atom is 0.325 e. The van der Waals surface area contributed by atoms with Crippen molar-refractivity contribution in [1.29, 1.82) is 0 Å². The van der Waals surface area contributed by atoms with Gasteiger partial charge < -0.3 is 10.6 Å². The first-order valence-corrected chi connectivity index (χ1v) is 9.65. The van der Waals surface area contributed by atoms with E-state index in [4.69, 9.17) is 0 Å². The van der Waals surface area contributed by atoms with Crippen molar-refractivity contribution in [3.8, 4) is 0 Å². The quantitative estimate of drug-likeness (QED) is 0.703.